The first-order chi connectivity index (χ1) is 13.1. The number of nitrogens with two attached hydrogens (primary N) is 1. The molecule has 3 aromatic rings. The third-order valence-corrected chi connectivity index (χ3v) is 5.33. The fourth-order valence-corrected chi connectivity index (χ4v) is 3.94. The summed E-state index contributed by atoms with van der Waals surface area (Å²) in [6.07, 6.45) is 5.72. The van der Waals surface area contributed by atoms with Crippen molar-refractivity contribution in [3.05, 3.63) is 35.0 Å². The number of nitrogens with zero attached hydrogens (tertiary/aromatic N) is 4. The van der Waals surface area contributed by atoms with E-state index in [4.69, 9.17) is 21.8 Å². The van der Waals surface area contributed by atoms with E-state index in [1.807, 2.05) is 11.8 Å². The number of rotatable bonds is 4. The number of halogens is 1. The predicted octanol–water partition coefficient (Wildman–Crippen LogP) is 4.02. The molecule has 0 radical (unpaired) electrons. The van der Waals surface area contributed by atoms with Crippen LogP contribution in [0.5, 0.6) is 0 Å². The van der Waals surface area contributed by atoms with E-state index in [9.17, 15) is 4.79 Å². The molecule has 142 valence electrons. The smallest absolute Gasteiger partial charge is 0.254 e. The van der Waals surface area contributed by atoms with Crippen molar-refractivity contribution in [2.45, 2.75) is 45.1 Å². The van der Waals surface area contributed by atoms with Gasteiger partial charge in [0.25, 0.3) is 5.91 Å². The quantitative estimate of drug-likeness (QED) is 0.730. The van der Waals surface area contributed by atoms with Crippen LogP contribution in [0.4, 0.5) is 5.82 Å². The van der Waals surface area contributed by atoms with Crippen molar-refractivity contribution in [2.24, 2.45) is 0 Å². The van der Waals surface area contributed by atoms with Crippen molar-refractivity contribution in [3.8, 4) is 11.6 Å². The van der Waals surface area contributed by atoms with E-state index in [0.29, 0.717) is 41.2 Å². The minimum atomic E-state index is -0.0100. The van der Waals surface area contributed by atoms with Gasteiger partial charge in [0.15, 0.2) is 16.6 Å². The monoisotopic (exact) mass is 387 g/mol. The zero-order chi connectivity index (χ0) is 19.0. The van der Waals surface area contributed by atoms with Gasteiger partial charge in [-0.2, -0.15) is 4.52 Å². The second-order valence-electron chi connectivity index (χ2n) is 6.86. The highest BCUT2D eigenvalue weighted by Gasteiger charge is 2.26. The van der Waals surface area contributed by atoms with E-state index in [1.165, 1.54) is 23.8 Å². The molecule has 7 nitrogen and oxygen atoms in total. The maximum atomic E-state index is 13.1. The number of furan rings is 1. The fourth-order valence-electron chi connectivity index (χ4n) is 3.80. The molecule has 1 amide bonds. The van der Waals surface area contributed by atoms with Gasteiger partial charge in [-0.3, -0.25) is 4.79 Å². The summed E-state index contributed by atoms with van der Waals surface area (Å²) in [5, 5.41) is 4.62. The topological polar surface area (TPSA) is 89.7 Å². The molecule has 4 rings (SSSR count). The molecule has 1 fully saturated rings. The van der Waals surface area contributed by atoms with Crippen molar-refractivity contribution in [3.63, 3.8) is 0 Å². The minimum absolute atomic E-state index is 0.0100. The van der Waals surface area contributed by atoms with Gasteiger partial charge in [-0.05, 0) is 55.6 Å². The Balaban J connectivity index is 1.68. The third-order valence-electron chi connectivity index (χ3n) is 5.12. The minimum Gasteiger partial charge on any atom is -0.441 e. The molecule has 8 heteroatoms. The standard InChI is InChI=1S/C19H22ClN5O2/c1-2-24(13-6-4-3-5-7-13)19(26)12-10-16(21)25-17(11-12)22-18(23-25)14-8-9-15(20)27-14/h8-11,13H,2-7,21H2,1H3. The Labute approximate surface area is 162 Å². The van der Waals surface area contributed by atoms with Crippen LogP contribution in [0.3, 0.4) is 0 Å². The van der Waals surface area contributed by atoms with Crippen molar-refractivity contribution in [1.82, 2.24) is 19.5 Å². The molecule has 0 saturated heterocycles. The number of anilines is 1. The fraction of sp³-hybridized carbons (Fsp3) is 0.421. The molecular formula is C19H22ClN5O2. The van der Waals surface area contributed by atoms with Crippen LogP contribution < -0.4 is 5.73 Å². The lowest BCUT2D eigenvalue weighted by Gasteiger charge is -2.33. The molecule has 1 saturated carbocycles. The first kappa shape index (κ1) is 17.9. The lowest BCUT2D eigenvalue weighted by atomic mass is 9.93. The predicted molar refractivity (Wildman–Crippen MR) is 104 cm³/mol. The maximum Gasteiger partial charge on any atom is 0.254 e. The van der Waals surface area contributed by atoms with E-state index in [1.54, 1.807) is 24.3 Å². The second-order valence-corrected chi connectivity index (χ2v) is 7.23. The highest BCUT2D eigenvalue weighted by molar-refractivity contribution is 6.28. The van der Waals surface area contributed by atoms with E-state index in [-0.39, 0.29) is 11.1 Å². The molecule has 0 bridgehead atoms. The lowest BCUT2D eigenvalue weighted by molar-refractivity contribution is 0.0648. The van der Waals surface area contributed by atoms with Crippen LogP contribution >= 0.6 is 11.6 Å². The van der Waals surface area contributed by atoms with Crippen molar-refractivity contribution in [2.75, 3.05) is 12.3 Å². The average molecular weight is 388 g/mol. The summed E-state index contributed by atoms with van der Waals surface area (Å²) >= 11 is 5.83. The molecule has 0 aromatic carbocycles. The Kier molecular flexibility index (Phi) is 4.78. The number of amides is 1. The summed E-state index contributed by atoms with van der Waals surface area (Å²) < 4.78 is 6.86. The zero-order valence-corrected chi connectivity index (χ0v) is 15.9. The SMILES string of the molecule is CCN(C(=O)c1cc(N)n2nc(-c3ccc(Cl)o3)nc2c1)C1CCCCC1. The van der Waals surface area contributed by atoms with Crippen LogP contribution in [0, 0.1) is 0 Å². The largest absolute Gasteiger partial charge is 0.441 e. The molecule has 0 unspecified atom stereocenters. The summed E-state index contributed by atoms with van der Waals surface area (Å²) in [5.74, 6) is 1.17. The number of fused-ring (bicyclic) bond motifs is 1. The molecule has 1 aliphatic carbocycles. The Morgan fingerprint density at radius 2 is 2.11 bits per heavy atom. The Bertz CT molecular complexity index is 974. The number of hydrogen-bond donors (Lipinski definition) is 1. The molecule has 0 aliphatic heterocycles. The van der Waals surface area contributed by atoms with Gasteiger partial charge in [-0.1, -0.05) is 19.3 Å². The van der Waals surface area contributed by atoms with Crippen LogP contribution in [0.2, 0.25) is 5.22 Å². The number of hydrogen-bond acceptors (Lipinski definition) is 5. The van der Waals surface area contributed by atoms with Crippen LogP contribution in [0.15, 0.2) is 28.7 Å². The van der Waals surface area contributed by atoms with Crippen molar-refractivity contribution in [1.29, 1.82) is 0 Å². The summed E-state index contributed by atoms with van der Waals surface area (Å²) in [5.41, 5.74) is 7.18. The van der Waals surface area contributed by atoms with Gasteiger partial charge in [0.2, 0.25) is 5.82 Å². The first-order valence-corrected chi connectivity index (χ1v) is 9.67. The van der Waals surface area contributed by atoms with Gasteiger partial charge in [0.1, 0.15) is 5.82 Å². The van der Waals surface area contributed by atoms with Gasteiger partial charge < -0.3 is 15.1 Å². The van der Waals surface area contributed by atoms with Gasteiger partial charge in [-0.15, -0.1) is 5.10 Å². The van der Waals surface area contributed by atoms with E-state index < -0.39 is 0 Å². The summed E-state index contributed by atoms with van der Waals surface area (Å²) in [6, 6.07) is 7.01. The van der Waals surface area contributed by atoms with E-state index in [2.05, 4.69) is 10.1 Å². The summed E-state index contributed by atoms with van der Waals surface area (Å²) in [4.78, 5) is 19.5. The van der Waals surface area contributed by atoms with Gasteiger partial charge in [0, 0.05) is 18.2 Å². The van der Waals surface area contributed by atoms with Crippen LogP contribution in [-0.4, -0.2) is 38.0 Å². The number of nitrogen functional groups attached to an aromatic ring is 1. The van der Waals surface area contributed by atoms with Crippen LogP contribution in [0.25, 0.3) is 17.2 Å². The Morgan fingerprint density at radius 1 is 1.33 bits per heavy atom. The molecule has 0 atom stereocenters. The first-order valence-electron chi connectivity index (χ1n) is 9.30. The Hall–Kier alpha value is -2.54. The number of carbonyl (C=O) groups is 1. The molecular weight excluding hydrogens is 366 g/mol. The van der Waals surface area contributed by atoms with Crippen LogP contribution in [0.1, 0.15) is 49.4 Å². The summed E-state index contributed by atoms with van der Waals surface area (Å²) in [7, 11) is 0. The maximum absolute atomic E-state index is 13.1. The summed E-state index contributed by atoms with van der Waals surface area (Å²) in [6.45, 7) is 2.70. The molecule has 0 spiro atoms. The highest BCUT2D eigenvalue weighted by atomic mass is 35.5. The van der Waals surface area contributed by atoms with Gasteiger partial charge in [0.05, 0.1) is 0 Å². The van der Waals surface area contributed by atoms with Crippen molar-refractivity contribution >= 4 is 29.0 Å². The lowest BCUT2D eigenvalue weighted by Crippen LogP contribution is -2.41. The number of aromatic nitrogens is 3. The highest BCUT2D eigenvalue weighted by Crippen LogP contribution is 2.26. The molecule has 2 N–H and O–H groups in total. The van der Waals surface area contributed by atoms with E-state index >= 15 is 0 Å². The Morgan fingerprint density at radius 3 is 2.78 bits per heavy atom. The average Bonchev–Trinajstić information content (AvgIpc) is 3.29. The molecule has 1 aliphatic rings. The third kappa shape index (κ3) is 3.39. The molecule has 3 heterocycles. The number of carbonyl (C=O) groups excluding carboxylic acids is 1. The van der Waals surface area contributed by atoms with Crippen LogP contribution in [-0.2, 0) is 0 Å². The zero-order valence-electron chi connectivity index (χ0n) is 15.2. The van der Waals surface area contributed by atoms with E-state index in [0.717, 1.165) is 12.8 Å². The normalized spacial score (nSPS) is 15.3. The molecule has 27 heavy (non-hydrogen) atoms. The molecule has 3 aromatic heterocycles. The van der Waals surface area contributed by atoms with Crippen molar-refractivity contribution < 1.29 is 9.21 Å². The second kappa shape index (κ2) is 7.23. The van der Waals surface area contributed by atoms with Gasteiger partial charge >= 0.3 is 0 Å². The van der Waals surface area contributed by atoms with Gasteiger partial charge in [-0.25, -0.2) is 4.98 Å². The number of pyridine rings is 1.